The van der Waals surface area contributed by atoms with Gasteiger partial charge in [-0.25, -0.2) is 0 Å². The maximum absolute atomic E-state index is 5.89. The third-order valence-corrected chi connectivity index (χ3v) is 5.37. The van der Waals surface area contributed by atoms with E-state index in [4.69, 9.17) is 16.1 Å². The largest absolute Gasteiger partial charge is 0.355 e. The molecule has 0 aliphatic carbocycles. The molecular weight excluding hydrogens is 473 g/mol. The highest BCUT2D eigenvalue weighted by atomic mass is 127. The maximum Gasteiger partial charge on any atom is 0.246 e. The number of aliphatic imine (C=N–C) groups is 1. The van der Waals surface area contributed by atoms with Gasteiger partial charge >= 0.3 is 0 Å². The third kappa shape index (κ3) is 6.03. The molecule has 136 valence electrons. The van der Waals surface area contributed by atoms with Crippen LogP contribution in [0.1, 0.15) is 18.7 Å². The zero-order valence-electron chi connectivity index (χ0n) is 13.9. The first kappa shape index (κ1) is 20.3. The van der Waals surface area contributed by atoms with Crippen LogP contribution in [0.2, 0.25) is 5.02 Å². The summed E-state index contributed by atoms with van der Waals surface area (Å²) < 4.78 is 5.28. The molecule has 6 nitrogen and oxygen atoms in total. The second-order valence-electron chi connectivity index (χ2n) is 5.46. The Labute approximate surface area is 173 Å². The number of thioether (sulfide) groups is 1. The predicted octanol–water partition coefficient (Wildman–Crippen LogP) is 3.57. The van der Waals surface area contributed by atoms with Gasteiger partial charge in [0.1, 0.15) is 0 Å². The van der Waals surface area contributed by atoms with Gasteiger partial charge in [0.05, 0.1) is 6.54 Å². The summed E-state index contributed by atoms with van der Waals surface area (Å²) in [5.74, 6) is 3.06. The van der Waals surface area contributed by atoms with E-state index in [9.17, 15) is 0 Å². The second-order valence-corrected chi connectivity index (χ2v) is 7.30. The number of nitrogens with one attached hydrogen (secondary N) is 2. The van der Waals surface area contributed by atoms with Crippen LogP contribution < -0.4 is 10.6 Å². The molecule has 3 rings (SSSR count). The fourth-order valence-corrected chi connectivity index (χ4v) is 3.77. The van der Waals surface area contributed by atoms with E-state index in [0.717, 1.165) is 18.1 Å². The van der Waals surface area contributed by atoms with Gasteiger partial charge in [-0.3, -0.25) is 4.99 Å². The van der Waals surface area contributed by atoms with Crippen molar-refractivity contribution in [3.8, 4) is 11.4 Å². The standard InChI is InChI=1S/C16H20ClN5OS.HI/c1-18-16(19-9-13-3-2-8-24-13)20-10-14-21-15(22-23-14)11-4-6-12(17)7-5-11;/h4-7,13H,2-3,8-10H2,1H3,(H2,18,19,20);1H. The van der Waals surface area contributed by atoms with Crippen LogP contribution in [0.3, 0.4) is 0 Å². The summed E-state index contributed by atoms with van der Waals surface area (Å²) in [6, 6.07) is 7.34. The molecule has 0 radical (unpaired) electrons. The fraction of sp³-hybridized carbons (Fsp3) is 0.438. The van der Waals surface area contributed by atoms with E-state index in [1.54, 1.807) is 19.2 Å². The first-order valence-corrected chi connectivity index (χ1v) is 9.32. The van der Waals surface area contributed by atoms with E-state index in [1.165, 1.54) is 18.6 Å². The fourth-order valence-electron chi connectivity index (χ4n) is 2.44. The highest BCUT2D eigenvalue weighted by Crippen LogP contribution is 2.25. The maximum atomic E-state index is 5.89. The Balaban J connectivity index is 0.00000225. The SMILES string of the molecule is CN=C(NCc1nc(-c2ccc(Cl)cc2)no1)NCC1CCCS1.I. The number of aromatic nitrogens is 2. The summed E-state index contributed by atoms with van der Waals surface area (Å²) >= 11 is 7.90. The number of benzene rings is 1. The minimum absolute atomic E-state index is 0. The summed E-state index contributed by atoms with van der Waals surface area (Å²) in [6.07, 6.45) is 2.57. The topological polar surface area (TPSA) is 75.3 Å². The molecule has 2 N–H and O–H groups in total. The van der Waals surface area contributed by atoms with Gasteiger partial charge in [-0.2, -0.15) is 16.7 Å². The van der Waals surface area contributed by atoms with Crippen LogP contribution in [0, 0.1) is 0 Å². The molecule has 1 aliphatic heterocycles. The van der Waals surface area contributed by atoms with Gasteiger partial charge in [0, 0.05) is 29.4 Å². The Morgan fingerprint density at radius 2 is 2.16 bits per heavy atom. The van der Waals surface area contributed by atoms with E-state index in [0.29, 0.717) is 28.5 Å². The lowest BCUT2D eigenvalue weighted by atomic mass is 10.2. The normalized spacial score (nSPS) is 17.2. The summed E-state index contributed by atoms with van der Waals surface area (Å²) in [6.45, 7) is 1.35. The average Bonchev–Trinajstić information content (AvgIpc) is 3.27. The van der Waals surface area contributed by atoms with E-state index >= 15 is 0 Å². The van der Waals surface area contributed by atoms with E-state index in [-0.39, 0.29) is 24.0 Å². The molecule has 1 fully saturated rings. The minimum atomic E-state index is 0. The molecule has 2 heterocycles. The quantitative estimate of drug-likeness (QED) is 0.377. The van der Waals surface area contributed by atoms with Gasteiger partial charge in [0.25, 0.3) is 0 Å². The number of halogens is 2. The zero-order chi connectivity index (χ0) is 16.8. The summed E-state index contributed by atoms with van der Waals surface area (Å²) in [5.41, 5.74) is 0.871. The van der Waals surface area contributed by atoms with Crippen LogP contribution in [-0.4, -0.2) is 40.7 Å². The molecule has 1 aliphatic rings. The molecule has 0 spiro atoms. The lowest BCUT2D eigenvalue weighted by molar-refractivity contribution is 0.375. The monoisotopic (exact) mass is 493 g/mol. The van der Waals surface area contributed by atoms with Crippen molar-refractivity contribution in [3.05, 3.63) is 35.2 Å². The summed E-state index contributed by atoms with van der Waals surface area (Å²) in [4.78, 5) is 8.60. The first-order valence-electron chi connectivity index (χ1n) is 7.89. The van der Waals surface area contributed by atoms with E-state index in [1.807, 2.05) is 23.9 Å². The lowest BCUT2D eigenvalue weighted by Gasteiger charge is -2.13. The van der Waals surface area contributed by atoms with Crippen molar-refractivity contribution in [1.29, 1.82) is 0 Å². The molecule has 0 saturated carbocycles. The van der Waals surface area contributed by atoms with Crippen LogP contribution in [-0.2, 0) is 6.54 Å². The van der Waals surface area contributed by atoms with Crippen LogP contribution >= 0.6 is 47.3 Å². The van der Waals surface area contributed by atoms with Crippen molar-refractivity contribution in [1.82, 2.24) is 20.8 Å². The number of guanidine groups is 1. The smallest absolute Gasteiger partial charge is 0.246 e. The first-order chi connectivity index (χ1) is 11.7. The van der Waals surface area contributed by atoms with Crippen LogP contribution in [0.4, 0.5) is 0 Å². The van der Waals surface area contributed by atoms with Crippen LogP contribution in [0.15, 0.2) is 33.8 Å². The Hall–Kier alpha value is -1.000. The van der Waals surface area contributed by atoms with E-state index < -0.39 is 0 Å². The Bertz CT molecular complexity index is 688. The molecule has 1 aromatic carbocycles. The zero-order valence-corrected chi connectivity index (χ0v) is 17.8. The molecule has 1 atom stereocenters. The number of hydrogen-bond donors (Lipinski definition) is 2. The molecule has 1 saturated heterocycles. The van der Waals surface area contributed by atoms with Crippen LogP contribution in [0.25, 0.3) is 11.4 Å². The van der Waals surface area contributed by atoms with Gasteiger partial charge in [0.2, 0.25) is 11.7 Å². The Morgan fingerprint density at radius 3 is 2.84 bits per heavy atom. The Morgan fingerprint density at radius 1 is 1.36 bits per heavy atom. The van der Waals surface area contributed by atoms with Gasteiger partial charge in [-0.1, -0.05) is 16.8 Å². The van der Waals surface area contributed by atoms with Gasteiger partial charge in [-0.15, -0.1) is 24.0 Å². The molecule has 0 bridgehead atoms. The molecule has 0 amide bonds. The molecule has 1 unspecified atom stereocenters. The molecule has 25 heavy (non-hydrogen) atoms. The van der Waals surface area contributed by atoms with Gasteiger partial charge < -0.3 is 15.2 Å². The summed E-state index contributed by atoms with van der Waals surface area (Å²) in [7, 11) is 1.75. The van der Waals surface area contributed by atoms with Crippen molar-refractivity contribution >= 4 is 53.3 Å². The predicted molar refractivity (Wildman–Crippen MR) is 114 cm³/mol. The lowest BCUT2D eigenvalue weighted by Crippen LogP contribution is -2.39. The second kappa shape index (κ2) is 10.2. The van der Waals surface area contributed by atoms with Gasteiger partial charge in [0.15, 0.2) is 5.96 Å². The molecule has 2 aromatic rings. The molecule has 1 aromatic heterocycles. The van der Waals surface area contributed by atoms with Crippen molar-refractivity contribution in [2.75, 3.05) is 19.3 Å². The highest BCUT2D eigenvalue weighted by Gasteiger charge is 2.16. The molecule has 9 heteroatoms. The van der Waals surface area contributed by atoms with Crippen LogP contribution in [0.5, 0.6) is 0 Å². The van der Waals surface area contributed by atoms with Gasteiger partial charge in [-0.05, 0) is 42.9 Å². The van der Waals surface area contributed by atoms with Crippen molar-refractivity contribution in [2.24, 2.45) is 4.99 Å². The molecular formula is C16H21ClIN5OS. The van der Waals surface area contributed by atoms with Crippen molar-refractivity contribution in [3.63, 3.8) is 0 Å². The number of rotatable bonds is 5. The highest BCUT2D eigenvalue weighted by molar-refractivity contribution is 14.0. The average molecular weight is 494 g/mol. The van der Waals surface area contributed by atoms with Crippen molar-refractivity contribution < 1.29 is 4.52 Å². The number of nitrogens with zero attached hydrogens (tertiary/aromatic N) is 3. The van der Waals surface area contributed by atoms with E-state index in [2.05, 4.69) is 25.8 Å². The minimum Gasteiger partial charge on any atom is -0.355 e. The third-order valence-electron chi connectivity index (χ3n) is 3.72. The van der Waals surface area contributed by atoms with Crippen molar-refractivity contribution in [2.45, 2.75) is 24.6 Å². The Kier molecular flexibility index (Phi) is 8.31. The summed E-state index contributed by atoms with van der Waals surface area (Å²) in [5, 5.41) is 11.9. The number of hydrogen-bond acceptors (Lipinski definition) is 5.